The topological polar surface area (TPSA) is 74.8 Å². The average molecular weight is 342 g/mol. The van der Waals surface area contributed by atoms with E-state index in [1.807, 2.05) is 26.0 Å². The van der Waals surface area contributed by atoms with E-state index >= 15 is 0 Å². The van der Waals surface area contributed by atoms with Gasteiger partial charge in [0.2, 0.25) is 10.0 Å². The fourth-order valence-electron chi connectivity index (χ4n) is 2.11. The third-order valence-corrected chi connectivity index (χ3v) is 4.97. The second-order valence-electron chi connectivity index (χ2n) is 5.51. The van der Waals surface area contributed by atoms with Crippen molar-refractivity contribution in [3.63, 3.8) is 0 Å². The number of nitrogens with zero attached hydrogens (tertiary/aromatic N) is 1. The molecule has 0 bridgehead atoms. The van der Waals surface area contributed by atoms with Crippen molar-refractivity contribution in [2.24, 2.45) is 5.92 Å². The predicted molar refractivity (Wildman–Crippen MR) is 88.2 cm³/mol. The maximum Gasteiger partial charge on any atom is 0.212 e. The minimum Gasteiger partial charge on any atom is -0.347 e. The number of nitrogens with one attached hydrogen (secondary N) is 2. The van der Waals surface area contributed by atoms with Gasteiger partial charge in [0.15, 0.2) is 0 Å². The van der Waals surface area contributed by atoms with E-state index in [9.17, 15) is 8.42 Å². The highest BCUT2D eigenvalue weighted by Crippen LogP contribution is 2.19. The maximum atomic E-state index is 12.3. The van der Waals surface area contributed by atoms with Crippen LogP contribution in [-0.2, 0) is 16.4 Å². The summed E-state index contributed by atoms with van der Waals surface area (Å²) in [6, 6.07) is 6.84. The SMILES string of the molecule is CC(C)[C@H](NS(=O)(=O)CCc1ccc(Cl)cc1)c1ncc[nH]1. The minimum absolute atomic E-state index is 0.0264. The Labute approximate surface area is 136 Å². The van der Waals surface area contributed by atoms with E-state index in [-0.39, 0.29) is 17.7 Å². The standard InChI is InChI=1S/C15H20ClN3O2S/c1-11(2)14(15-17-8-9-18-15)19-22(20,21)10-7-12-3-5-13(16)6-4-12/h3-6,8-9,11,14,19H,7,10H2,1-2H3,(H,17,18)/t14-/m0/s1. The number of aryl methyl sites for hydroxylation is 1. The van der Waals surface area contributed by atoms with E-state index in [4.69, 9.17) is 11.6 Å². The van der Waals surface area contributed by atoms with E-state index in [1.54, 1.807) is 24.5 Å². The number of sulfonamides is 1. The number of rotatable bonds is 7. The Kier molecular flexibility index (Phi) is 5.61. The number of aromatic amines is 1. The molecule has 1 atom stereocenters. The molecule has 0 saturated carbocycles. The number of hydrogen-bond acceptors (Lipinski definition) is 3. The van der Waals surface area contributed by atoms with E-state index in [1.165, 1.54) is 0 Å². The zero-order valence-corrected chi connectivity index (χ0v) is 14.2. The molecule has 120 valence electrons. The molecule has 0 fully saturated rings. The van der Waals surface area contributed by atoms with Crippen molar-refractivity contribution in [3.8, 4) is 0 Å². The van der Waals surface area contributed by atoms with Crippen molar-refractivity contribution in [1.82, 2.24) is 14.7 Å². The zero-order chi connectivity index (χ0) is 16.2. The molecule has 22 heavy (non-hydrogen) atoms. The summed E-state index contributed by atoms with van der Waals surface area (Å²) in [7, 11) is -3.40. The van der Waals surface area contributed by atoms with Gasteiger partial charge in [-0.1, -0.05) is 37.6 Å². The summed E-state index contributed by atoms with van der Waals surface area (Å²) in [5.41, 5.74) is 0.939. The maximum absolute atomic E-state index is 12.3. The van der Waals surface area contributed by atoms with Crippen LogP contribution in [0.3, 0.4) is 0 Å². The van der Waals surface area contributed by atoms with Crippen LogP contribution in [0, 0.1) is 5.92 Å². The van der Waals surface area contributed by atoms with Gasteiger partial charge in [-0.15, -0.1) is 0 Å². The van der Waals surface area contributed by atoms with Crippen molar-refractivity contribution in [2.45, 2.75) is 26.3 Å². The summed E-state index contributed by atoms with van der Waals surface area (Å²) in [5, 5.41) is 0.641. The van der Waals surface area contributed by atoms with Crippen LogP contribution in [0.2, 0.25) is 5.02 Å². The molecule has 0 spiro atoms. The minimum atomic E-state index is -3.40. The molecule has 0 aliphatic carbocycles. The lowest BCUT2D eigenvalue weighted by molar-refractivity contribution is 0.447. The fourth-order valence-corrected chi connectivity index (χ4v) is 3.63. The zero-order valence-electron chi connectivity index (χ0n) is 12.6. The number of imidazole rings is 1. The molecule has 7 heteroatoms. The average Bonchev–Trinajstić information content (AvgIpc) is 2.98. The van der Waals surface area contributed by atoms with Crippen LogP contribution in [0.1, 0.15) is 31.3 Å². The summed E-state index contributed by atoms with van der Waals surface area (Å²) in [6.45, 7) is 3.91. The third kappa shape index (κ3) is 4.83. The monoisotopic (exact) mass is 341 g/mol. The van der Waals surface area contributed by atoms with Crippen LogP contribution in [-0.4, -0.2) is 24.1 Å². The van der Waals surface area contributed by atoms with Crippen molar-refractivity contribution >= 4 is 21.6 Å². The van der Waals surface area contributed by atoms with E-state index in [0.29, 0.717) is 17.3 Å². The normalized spacial score (nSPS) is 13.5. The summed E-state index contributed by atoms with van der Waals surface area (Å²) < 4.78 is 27.3. The highest BCUT2D eigenvalue weighted by Gasteiger charge is 2.24. The van der Waals surface area contributed by atoms with Crippen LogP contribution in [0.15, 0.2) is 36.7 Å². The Balaban J connectivity index is 2.01. The second kappa shape index (κ2) is 7.26. The van der Waals surface area contributed by atoms with Gasteiger partial charge in [-0.25, -0.2) is 18.1 Å². The highest BCUT2D eigenvalue weighted by atomic mass is 35.5. The van der Waals surface area contributed by atoms with Crippen LogP contribution in [0.4, 0.5) is 0 Å². The van der Waals surface area contributed by atoms with Gasteiger partial charge >= 0.3 is 0 Å². The molecule has 0 aliphatic heterocycles. The predicted octanol–water partition coefficient (Wildman–Crippen LogP) is 2.92. The molecule has 0 unspecified atom stereocenters. The number of H-pyrrole nitrogens is 1. The lowest BCUT2D eigenvalue weighted by Crippen LogP contribution is -2.34. The van der Waals surface area contributed by atoms with E-state index < -0.39 is 10.0 Å². The summed E-state index contributed by atoms with van der Waals surface area (Å²) in [5.74, 6) is 0.750. The summed E-state index contributed by atoms with van der Waals surface area (Å²) >= 11 is 5.82. The molecule has 2 N–H and O–H groups in total. The van der Waals surface area contributed by atoms with Crippen LogP contribution in [0.25, 0.3) is 0 Å². The Morgan fingerprint density at radius 3 is 2.50 bits per heavy atom. The van der Waals surface area contributed by atoms with E-state index in [0.717, 1.165) is 5.56 Å². The quantitative estimate of drug-likeness (QED) is 0.813. The first-order valence-corrected chi connectivity index (χ1v) is 9.14. The molecule has 0 aliphatic rings. The van der Waals surface area contributed by atoms with Crippen molar-refractivity contribution in [1.29, 1.82) is 0 Å². The number of halogens is 1. The fraction of sp³-hybridized carbons (Fsp3) is 0.400. The Hall–Kier alpha value is -1.37. The van der Waals surface area contributed by atoms with Crippen molar-refractivity contribution < 1.29 is 8.42 Å². The van der Waals surface area contributed by atoms with Crippen LogP contribution >= 0.6 is 11.6 Å². The number of benzene rings is 1. The molecular formula is C15H20ClN3O2S. The summed E-state index contributed by atoms with van der Waals surface area (Å²) in [4.78, 5) is 7.12. The first-order valence-electron chi connectivity index (χ1n) is 7.11. The van der Waals surface area contributed by atoms with Crippen LogP contribution in [0.5, 0.6) is 0 Å². The lowest BCUT2D eigenvalue weighted by Gasteiger charge is -2.20. The van der Waals surface area contributed by atoms with Gasteiger partial charge < -0.3 is 4.98 Å². The second-order valence-corrected chi connectivity index (χ2v) is 7.82. The van der Waals surface area contributed by atoms with Gasteiger partial charge in [-0.05, 0) is 30.0 Å². The van der Waals surface area contributed by atoms with Gasteiger partial charge in [0, 0.05) is 17.4 Å². The van der Waals surface area contributed by atoms with Crippen molar-refractivity contribution in [2.75, 3.05) is 5.75 Å². The van der Waals surface area contributed by atoms with Gasteiger partial charge in [-0.3, -0.25) is 0 Å². The largest absolute Gasteiger partial charge is 0.347 e. The van der Waals surface area contributed by atoms with Crippen molar-refractivity contribution in [3.05, 3.63) is 53.1 Å². The first-order chi connectivity index (χ1) is 10.4. The highest BCUT2D eigenvalue weighted by molar-refractivity contribution is 7.89. The molecule has 0 radical (unpaired) electrons. The van der Waals surface area contributed by atoms with Gasteiger partial charge in [0.1, 0.15) is 5.82 Å². The molecule has 0 amide bonds. The smallest absolute Gasteiger partial charge is 0.212 e. The molecular weight excluding hydrogens is 322 g/mol. The number of aromatic nitrogens is 2. The first kappa shape index (κ1) is 17.0. The molecule has 1 aromatic carbocycles. The molecule has 5 nitrogen and oxygen atoms in total. The molecule has 2 rings (SSSR count). The van der Waals surface area contributed by atoms with Crippen LogP contribution < -0.4 is 4.72 Å². The molecule has 1 aromatic heterocycles. The Bertz CT molecular complexity index is 682. The van der Waals surface area contributed by atoms with Gasteiger partial charge in [0.05, 0.1) is 11.8 Å². The summed E-state index contributed by atoms with van der Waals surface area (Å²) in [6.07, 6.45) is 3.74. The number of hydrogen-bond donors (Lipinski definition) is 2. The third-order valence-electron chi connectivity index (χ3n) is 3.36. The van der Waals surface area contributed by atoms with E-state index in [2.05, 4.69) is 14.7 Å². The lowest BCUT2D eigenvalue weighted by atomic mass is 10.1. The molecule has 2 aromatic rings. The Morgan fingerprint density at radius 1 is 1.27 bits per heavy atom. The van der Waals surface area contributed by atoms with Gasteiger partial charge in [-0.2, -0.15) is 0 Å². The Morgan fingerprint density at radius 2 is 1.95 bits per heavy atom. The van der Waals surface area contributed by atoms with Gasteiger partial charge in [0.25, 0.3) is 0 Å². The molecule has 0 saturated heterocycles. The molecule has 1 heterocycles.